The van der Waals surface area contributed by atoms with Crippen molar-refractivity contribution in [1.82, 2.24) is 10.6 Å². The average Bonchev–Trinajstić information content (AvgIpc) is 2.92. The van der Waals surface area contributed by atoms with E-state index in [2.05, 4.69) is 15.6 Å². The van der Waals surface area contributed by atoms with E-state index in [0.717, 1.165) is 5.69 Å². The van der Waals surface area contributed by atoms with Crippen molar-refractivity contribution in [3.05, 3.63) is 30.3 Å². The fraction of sp³-hybridized carbons (Fsp3) is 0.526. The standard InChI is InChI=1S/C19H28N4O3.HI/c1-5-20-18(21-12-17(25)26-19(2,3)4)22-14-11-16(24)23(13-14)15-9-7-6-8-10-15;/h6-10,14H,5,11-13H2,1-4H3,(H2,20,21,22);1H. The van der Waals surface area contributed by atoms with Crippen molar-refractivity contribution in [2.45, 2.75) is 45.8 Å². The van der Waals surface area contributed by atoms with Crippen LogP contribution in [0, 0.1) is 0 Å². The molecule has 1 unspecified atom stereocenters. The summed E-state index contributed by atoms with van der Waals surface area (Å²) in [5.41, 5.74) is 0.351. The van der Waals surface area contributed by atoms with Gasteiger partial charge in [-0.15, -0.1) is 24.0 Å². The summed E-state index contributed by atoms with van der Waals surface area (Å²) in [6.07, 6.45) is 0.381. The molecule has 1 aliphatic rings. The van der Waals surface area contributed by atoms with E-state index in [0.29, 0.717) is 25.5 Å². The number of esters is 1. The van der Waals surface area contributed by atoms with Crippen molar-refractivity contribution in [2.75, 3.05) is 24.5 Å². The molecular formula is C19H29IN4O3. The van der Waals surface area contributed by atoms with Gasteiger partial charge in [0.1, 0.15) is 12.1 Å². The van der Waals surface area contributed by atoms with Crippen molar-refractivity contribution in [3.63, 3.8) is 0 Å². The third kappa shape index (κ3) is 7.74. The molecule has 1 aromatic carbocycles. The molecule has 0 radical (unpaired) electrons. The topological polar surface area (TPSA) is 83.0 Å². The van der Waals surface area contributed by atoms with Crippen LogP contribution in [-0.2, 0) is 14.3 Å². The predicted molar refractivity (Wildman–Crippen MR) is 118 cm³/mol. The van der Waals surface area contributed by atoms with Crippen LogP contribution in [-0.4, -0.2) is 49.1 Å². The van der Waals surface area contributed by atoms with Crippen LogP contribution in [0.1, 0.15) is 34.1 Å². The monoisotopic (exact) mass is 488 g/mol. The second-order valence-corrected chi connectivity index (χ2v) is 7.17. The first-order valence-corrected chi connectivity index (χ1v) is 8.90. The molecular weight excluding hydrogens is 459 g/mol. The normalized spacial score (nSPS) is 17.3. The van der Waals surface area contributed by atoms with Gasteiger partial charge in [0, 0.05) is 25.2 Å². The van der Waals surface area contributed by atoms with Gasteiger partial charge in [0.25, 0.3) is 0 Å². The van der Waals surface area contributed by atoms with Gasteiger partial charge < -0.3 is 20.3 Å². The average molecular weight is 488 g/mol. The summed E-state index contributed by atoms with van der Waals surface area (Å²) in [5.74, 6) is 0.186. The molecule has 0 aromatic heterocycles. The van der Waals surface area contributed by atoms with E-state index in [1.54, 1.807) is 4.90 Å². The number of ether oxygens (including phenoxy) is 1. The largest absolute Gasteiger partial charge is 0.459 e. The van der Waals surface area contributed by atoms with Crippen molar-refractivity contribution in [1.29, 1.82) is 0 Å². The first-order valence-electron chi connectivity index (χ1n) is 8.90. The number of amides is 1. The van der Waals surface area contributed by atoms with Crippen LogP contribution in [0.2, 0.25) is 0 Å². The molecule has 2 rings (SSSR count). The second kappa shape index (κ2) is 10.5. The highest BCUT2D eigenvalue weighted by molar-refractivity contribution is 14.0. The molecule has 1 aliphatic heterocycles. The molecule has 150 valence electrons. The van der Waals surface area contributed by atoms with E-state index in [4.69, 9.17) is 4.74 Å². The number of halogens is 1. The summed E-state index contributed by atoms with van der Waals surface area (Å²) in [7, 11) is 0. The molecule has 7 nitrogen and oxygen atoms in total. The molecule has 0 aliphatic carbocycles. The zero-order valence-electron chi connectivity index (χ0n) is 16.3. The van der Waals surface area contributed by atoms with Gasteiger partial charge in [-0.3, -0.25) is 9.59 Å². The van der Waals surface area contributed by atoms with Crippen LogP contribution in [0.3, 0.4) is 0 Å². The maximum absolute atomic E-state index is 12.3. The number of carbonyl (C=O) groups excluding carboxylic acids is 2. The molecule has 1 amide bonds. The molecule has 1 atom stereocenters. The predicted octanol–water partition coefficient (Wildman–Crippen LogP) is 2.31. The number of hydrogen-bond acceptors (Lipinski definition) is 4. The molecule has 2 N–H and O–H groups in total. The minimum absolute atomic E-state index is 0. The lowest BCUT2D eigenvalue weighted by atomic mass is 10.2. The van der Waals surface area contributed by atoms with Gasteiger partial charge in [-0.25, -0.2) is 4.99 Å². The minimum Gasteiger partial charge on any atom is -0.459 e. The number of nitrogens with one attached hydrogen (secondary N) is 2. The lowest BCUT2D eigenvalue weighted by Crippen LogP contribution is -2.45. The Balaban J connectivity index is 0.00000364. The summed E-state index contributed by atoms with van der Waals surface area (Å²) >= 11 is 0. The Hall–Kier alpha value is -1.84. The highest BCUT2D eigenvalue weighted by Gasteiger charge is 2.31. The number of aliphatic imine (C=N–C) groups is 1. The van der Waals surface area contributed by atoms with Crippen LogP contribution in [0.15, 0.2) is 35.3 Å². The van der Waals surface area contributed by atoms with Gasteiger partial charge in [0.2, 0.25) is 5.91 Å². The number of para-hydroxylation sites is 1. The zero-order chi connectivity index (χ0) is 19.2. The summed E-state index contributed by atoms with van der Waals surface area (Å²) in [6, 6.07) is 9.52. The van der Waals surface area contributed by atoms with Crippen molar-refractivity contribution in [2.24, 2.45) is 4.99 Å². The van der Waals surface area contributed by atoms with Gasteiger partial charge in [0.05, 0.1) is 6.04 Å². The van der Waals surface area contributed by atoms with Crippen molar-refractivity contribution >= 4 is 47.5 Å². The first kappa shape index (κ1) is 23.2. The summed E-state index contributed by atoms with van der Waals surface area (Å²) in [5, 5.41) is 6.33. The lowest BCUT2D eigenvalue weighted by molar-refractivity contribution is -0.152. The molecule has 1 fully saturated rings. The van der Waals surface area contributed by atoms with E-state index >= 15 is 0 Å². The molecule has 0 saturated carbocycles. The van der Waals surface area contributed by atoms with Crippen LogP contribution >= 0.6 is 24.0 Å². The summed E-state index contributed by atoms with van der Waals surface area (Å²) in [6.45, 7) is 8.54. The summed E-state index contributed by atoms with van der Waals surface area (Å²) < 4.78 is 5.26. The molecule has 0 spiro atoms. The Bertz CT molecular complexity index is 659. The first-order chi connectivity index (χ1) is 12.3. The molecule has 1 saturated heterocycles. The molecule has 0 bridgehead atoms. The number of benzene rings is 1. The SMILES string of the molecule is CCNC(=NCC(=O)OC(C)(C)C)NC1CC(=O)N(c2ccccc2)C1.I. The van der Waals surface area contributed by atoms with E-state index in [-0.39, 0.29) is 48.4 Å². The number of guanidine groups is 1. The van der Waals surface area contributed by atoms with E-state index in [1.165, 1.54) is 0 Å². The van der Waals surface area contributed by atoms with E-state index in [1.807, 2.05) is 58.0 Å². The quantitative estimate of drug-likeness (QED) is 0.288. The highest BCUT2D eigenvalue weighted by Crippen LogP contribution is 2.20. The Labute approximate surface area is 178 Å². The molecule has 8 heteroatoms. The minimum atomic E-state index is -0.535. The van der Waals surface area contributed by atoms with E-state index in [9.17, 15) is 9.59 Å². The number of anilines is 1. The Morgan fingerprint density at radius 2 is 1.96 bits per heavy atom. The van der Waals surface area contributed by atoms with Crippen LogP contribution in [0.5, 0.6) is 0 Å². The maximum Gasteiger partial charge on any atom is 0.328 e. The van der Waals surface area contributed by atoms with Gasteiger partial charge >= 0.3 is 5.97 Å². The van der Waals surface area contributed by atoms with E-state index < -0.39 is 5.60 Å². The number of hydrogen-bond donors (Lipinski definition) is 2. The smallest absolute Gasteiger partial charge is 0.328 e. The zero-order valence-corrected chi connectivity index (χ0v) is 18.7. The maximum atomic E-state index is 12.3. The van der Waals surface area contributed by atoms with Crippen LogP contribution in [0.4, 0.5) is 5.69 Å². The van der Waals surface area contributed by atoms with Crippen LogP contribution < -0.4 is 15.5 Å². The van der Waals surface area contributed by atoms with Gasteiger partial charge in [-0.2, -0.15) is 0 Å². The molecule has 1 heterocycles. The number of nitrogens with zero attached hydrogens (tertiary/aromatic N) is 2. The summed E-state index contributed by atoms with van der Waals surface area (Å²) in [4.78, 5) is 30.2. The molecule has 27 heavy (non-hydrogen) atoms. The fourth-order valence-electron chi connectivity index (χ4n) is 2.69. The molecule has 1 aromatic rings. The Kier molecular flexibility index (Phi) is 9.01. The number of carbonyl (C=O) groups is 2. The van der Waals surface area contributed by atoms with Gasteiger partial charge in [-0.1, -0.05) is 18.2 Å². The van der Waals surface area contributed by atoms with Gasteiger partial charge in [0.15, 0.2) is 5.96 Å². The van der Waals surface area contributed by atoms with Gasteiger partial charge in [-0.05, 0) is 39.8 Å². The third-order valence-corrected chi connectivity index (χ3v) is 3.66. The second-order valence-electron chi connectivity index (χ2n) is 7.17. The van der Waals surface area contributed by atoms with Crippen LogP contribution in [0.25, 0.3) is 0 Å². The Morgan fingerprint density at radius 1 is 1.30 bits per heavy atom. The fourth-order valence-corrected chi connectivity index (χ4v) is 2.69. The van der Waals surface area contributed by atoms with Crippen molar-refractivity contribution < 1.29 is 14.3 Å². The van der Waals surface area contributed by atoms with Crippen molar-refractivity contribution in [3.8, 4) is 0 Å². The third-order valence-electron chi connectivity index (χ3n) is 3.66. The highest BCUT2D eigenvalue weighted by atomic mass is 127. The Morgan fingerprint density at radius 3 is 2.56 bits per heavy atom. The number of rotatable bonds is 5. The lowest BCUT2D eigenvalue weighted by Gasteiger charge is -2.20.